The highest BCUT2D eigenvalue weighted by Crippen LogP contribution is 2.24. The van der Waals surface area contributed by atoms with E-state index in [0.717, 1.165) is 26.0 Å². The summed E-state index contributed by atoms with van der Waals surface area (Å²) in [5.41, 5.74) is 3.90. The second-order valence-electron chi connectivity index (χ2n) is 4.82. The SMILES string of the molecule is Cc1nc(Cl)c(C(=O)OCc2ccc(I)cc2)c(C)c1C. The molecule has 0 radical (unpaired) electrons. The molecular formula is C16H15ClINO2. The van der Waals surface area contributed by atoms with Crippen LogP contribution in [0, 0.1) is 24.3 Å². The average Bonchev–Trinajstić information content (AvgIpc) is 2.44. The Kier molecular flexibility index (Phi) is 5.22. The van der Waals surface area contributed by atoms with Gasteiger partial charge in [0.15, 0.2) is 0 Å². The quantitative estimate of drug-likeness (QED) is 0.417. The van der Waals surface area contributed by atoms with E-state index in [0.29, 0.717) is 5.56 Å². The lowest BCUT2D eigenvalue weighted by molar-refractivity contribution is 0.0471. The van der Waals surface area contributed by atoms with E-state index >= 15 is 0 Å². The van der Waals surface area contributed by atoms with E-state index in [-0.39, 0.29) is 11.8 Å². The van der Waals surface area contributed by atoms with Gasteiger partial charge in [-0.1, -0.05) is 23.7 Å². The molecule has 2 aromatic rings. The predicted octanol–water partition coefficient (Wildman–Crippen LogP) is 4.62. The van der Waals surface area contributed by atoms with Gasteiger partial charge in [-0.05, 0) is 72.2 Å². The largest absolute Gasteiger partial charge is 0.457 e. The molecule has 110 valence electrons. The van der Waals surface area contributed by atoms with Crippen molar-refractivity contribution in [1.82, 2.24) is 4.98 Å². The Balaban J connectivity index is 2.18. The summed E-state index contributed by atoms with van der Waals surface area (Å²) in [7, 11) is 0. The number of halogens is 2. The molecule has 3 nitrogen and oxygen atoms in total. The van der Waals surface area contributed by atoms with Crippen LogP contribution in [-0.2, 0) is 11.3 Å². The van der Waals surface area contributed by atoms with E-state index in [9.17, 15) is 4.79 Å². The Morgan fingerprint density at radius 1 is 1.19 bits per heavy atom. The van der Waals surface area contributed by atoms with E-state index in [4.69, 9.17) is 16.3 Å². The molecule has 21 heavy (non-hydrogen) atoms. The van der Waals surface area contributed by atoms with Crippen molar-refractivity contribution in [2.75, 3.05) is 0 Å². The first kappa shape index (κ1) is 16.2. The normalized spacial score (nSPS) is 10.5. The van der Waals surface area contributed by atoms with Gasteiger partial charge in [-0.2, -0.15) is 0 Å². The molecule has 0 aliphatic carbocycles. The number of carbonyl (C=O) groups excluding carboxylic acids is 1. The maximum Gasteiger partial charge on any atom is 0.341 e. The zero-order valence-electron chi connectivity index (χ0n) is 12.0. The molecule has 0 atom stereocenters. The second-order valence-corrected chi connectivity index (χ2v) is 6.42. The van der Waals surface area contributed by atoms with Gasteiger partial charge >= 0.3 is 5.97 Å². The highest BCUT2D eigenvalue weighted by molar-refractivity contribution is 14.1. The molecule has 0 unspecified atom stereocenters. The van der Waals surface area contributed by atoms with E-state index in [2.05, 4.69) is 27.6 Å². The number of nitrogens with zero attached hydrogens (tertiary/aromatic N) is 1. The van der Waals surface area contributed by atoms with Crippen LogP contribution in [0.25, 0.3) is 0 Å². The summed E-state index contributed by atoms with van der Waals surface area (Å²) < 4.78 is 6.48. The molecule has 0 saturated carbocycles. The Hall–Kier alpha value is -1.14. The Morgan fingerprint density at radius 3 is 2.43 bits per heavy atom. The molecule has 2 rings (SSSR count). The van der Waals surface area contributed by atoms with Crippen LogP contribution >= 0.6 is 34.2 Å². The summed E-state index contributed by atoms with van der Waals surface area (Å²) in [5.74, 6) is -0.438. The number of aromatic nitrogens is 1. The van der Waals surface area contributed by atoms with Gasteiger partial charge in [-0.15, -0.1) is 0 Å². The number of carbonyl (C=O) groups is 1. The van der Waals surface area contributed by atoms with Gasteiger partial charge in [-0.25, -0.2) is 9.78 Å². The fraction of sp³-hybridized carbons (Fsp3) is 0.250. The van der Waals surface area contributed by atoms with Crippen LogP contribution in [0.15, 0.2) is 24.3 Å². The van der Waals surface area contributed by atoms with Gasteiger partial charge in [0.25, 0.3) is 0 Å². The Morgan fingerprint density at radius 2 is 1.81 bits per heavy atom. The van der Waals surface area contributed by atoms with Crippen molar-refractivity contribution in [2.24, 2.45) is 0 Å². The molecule has 0 fully saturated rings. The average molecular weight is 416 g/mol. The highest BCUT2D eigenvalue weighted by Gasteiger charge is 2.19. The first-order chi connectivity index (χ1) is 9.90. The molecule has 1 heterocycles. The van der Waals surface area contributed by atoms with Crippen molar-refractivity contribution in [3.63, 3.8) is 0 Å². The number of ether oxygens (including phenoxy) is 1. The number of hydrogen-bond donors (Lipinski definition) is 0. The fourth-order valence-corrected chi connectivity index (χ4v) is 2.64. The molecular weight excluding hydrogens is 401 g/mol. The van der Waals surface area contributed by atoms with E-state index in [1.807, 2.05) is 45.0 Å². The summed E-state index contributed by atoms with van der Waals surface area (Å²) >= 11 is 8.32. The molecule has 0 amide bonds. The molecule has 5 heteroatoms. The molecule has 1 aromatic carbocycles. The Labute approximate surface area is 142 Å². The monoisotopic (exact) mass is 415 g/mol. The molecule has 0 bridgehead atoms. The van der Waals surface area contributed by atoms with Gasteiger partial charge < -0.3 is 4.74 Å². The smallest absolute Gasteiger partial charge is 0.341 e. The molecule has 0 aliphatic heterocycles. The van der Waals surface area contributed by atoms with Crippen molar-refractivity contribution in [2.45, 2.75) is 27.4 Å². The van der Waals surface area contributed by atoms with Crippen LogP contribution in [0.4, 0.5) is 0 Å². The molecule has 0 N–H and O–H groups in total. The predicted molar refractivity (Wildman–Crippen MR) is 91.7 cm³/mol. The lowest BCUT2D eigenvalue weighted by Crippen LogP contribution is -2.11. The van der Waals surface area contributed by atoms with Gasteiger partial charge in [0.2, 0.25) is 0 Å². The summed E-state index contributed by atoms with van der Waals surface area (Å²) in [6.07, 6.45) is 0. The number of pyridine rings is 1. The van der Waals surface area contributed by atoms with Crippen LogP contribution in [0.3, 0.4) is 0 Å². The Bertz CT molecular complexity index is 684. The minimum absolute atomic E-state index is 0.197. The zero-order chi connectivity index (χ0) is 15.6. The minimum Gasteiger partial charge on any atom is -0.457 e. The number of hydrogen-bond acceptors (Lipinski definition) is 3. The molecule has 0 aliphatic rings. The number of aryl methyl sites for hydroxylation is 1. The minimum atomic E-state index is -0.438. The highest BCUT2D eigenvalue weighted by atomic mass is 127. The third-order valence-corrected chi connectivity index (χ3v) is 4.43. The fourth-order valence-electron chi connectivity index (χ4n) is 1.94. The first-order valence-corrected chi connectivity index (χ1v) is 7.90. The topological polar surface area (TPSA) is 39.2 Å². The van der Waals surface area contributed by atoms with E-state index in [1.54, 1.807) is 0 Å². The van der Waals surface area contributed by atoms with E-state index < -0.39 is 5.97 Å². The van der Waals surface area contributed by atoms with Gasteiger partial charge in [0, 0.05) is 9.26 Å². The summed E-state index contributed by atoms with van der Waals surface area (Å²) in [4.78, 5) is 16.4. The van der Waals surface area contributed by atoms with Crippen molar-refractivity contribution < 1.29 is 9.53 Å². The second kappa shape index (κ2) is 6.75. The van der Waals surface area contributed by atoms with E-state index in [1.165, 1.54) is 0 Å². The van der Waals surface area contributed by atoms with Crippen LogP contribution in [-0.4, -0.2) is 11.0 Å². The molecule has 1 aromatic heterocycles. The summed E-state index contributed by atoms with van der Waals surface area (Å²) in [6, 6.07) is 7.81. The summed E-state index contributed by atoms with van der Waals surface area (Å²) in [5, 5.41) is 0.197. The lowest BCUT2D eigenvalue weighted by Gasteiger charge is -2.12. The number of esters is 1. The van der Waals surface area contributed by atoms with Crippen molar-refractivity contribution in [3.8, 4) is 0 Å². The maximum atomic E-state index is 12.2. The number of benzene rings is 1. The van der Waals surface area contributed by atoms with Crippen LogP contribution < -0.4 is 0 Å². The standard InChI is InChI=1S/C16H15ClINO2/c1-9-10(2)14(15(17)19-11(9)3)16(20)21-8-12-4-6-13(18)7-5-12/h4-7H,8H2,1-3H3. The van der Waals surface area contributed by atoms with Crippen molar-refractivity contribution in [1.29, 1.82) is 0 Å². The van der Waals surface area contributed by atoms with Gasteiger partial charge in [-0.3, -0.25) is 0 Å². The molecule has 0 saturated heterocycles. The number of rotatable bonds is 3. The van der Waals surface area contributed by atoms with Gasteiger partial charge in [0.05, 0.1) is 0 Å². The van der Waals surface area contributed by atoms with Gasteiger partial charge in [0.1, 0.15) is 17.3 Å². The van der Waals surface area contributed by atoms with Crippen LogP contribution in [0.1, 0.15) is 32.7 Å². The third-order valence-electron chi connectivity index (χ3n) is 3.44. The van der Waals surface area contributed by atoms with Crippen LogP contribution in [0.5, 0.6) is 0 Å². The molecule has 0 spiro atoms. The third kappa shape index (κ3) is 3.74. The van der Waals surface area contributed by atoms with Crippen LogP contribution in [0.2, 0.25) is 5.15 Å². The summed E-state index contributed by atoms with van der Waals surface area (Å²) in [6.45, 7) is 5.87. The van der Waals surface area contributed by atoms with Crippen molar-refractivity contribution in [3.05, 3.63) is 60.9 Å². The zero-order valence-corrected chi connectivity index (χ0v) is 14.9. The lowest BCUT2D eigenvalue weighted by atomic mass is 10.0. The van der Waals surface area contributed by atoms with Crippen molar-refractivity contribution >= 4 is 40.2 Å². The first-order valence-electron chi connectivity index (χ1n) is 6.45. The maximum absolute atomic E-state index is 12.2.